The molecule has 0 aliphatic rings. The first-order chi connectivity index (χ1) is 6.09. The lowest BCUT2D eigenvalue weighted by atomic mass is 10.3. The standard InChI is InChI=1S/C8H4F2N2O/c9-6-3-1-5(8(10)12-6)2-4-7(11)13/h1,3H,(H2,11,13). The first-order valence-electron chi connectivity index (χ1n) is 3.23. The van der Waals surface area contributed by atoms with E-state index in [0.717, 1.165) is 12.1 Å². The third kappa shape index (κ3) is 2.52. The molecule has 0 spiro atoms. The molecule has 0 saturated carbocycles. The molecule has 13 heavy (non-hydrogen) atoms. The van der Waals surface area contributed by atoms with Crippen LogP contribution < -0.4 is 5.73 Å². The van der Waals surface area contributed by atoms with E-state index in [1.54, 1.807) is 0 Å². The Morgan fingerprint density at radius 3 is 2.69 bits per heavy atom. The van der Waals surface area contributed by atoms with Gasteiger partial charge in [-0.05, 0) is 12.1 Å². The number of halogens is 2. The Hall–Kier alpha value is -1.96. The number of nitrogens with two attached hydrogens (primary N) is 1. The molecule has 1 aromatic heterocycles. The van der Waals surface area contributed by atoms with E-state index < -0.39 is 17.8 Å². The maximum atomic E-state index is 12.7. The van der Waals surface area contributed by atoms with Gasteiger partial charge >= 0.3 is 0 Å². The van der Waals surface area contributed by atoms with Crippen LogP contribution in [-0.4, -0.2) is 10.9 Å². The Balaban J connectivity index is 3.05. The minimum Gasteiger partial charge on any atom is -0.359 e. The van der Waals surface area contributed by atoms with Gasteiger partial charge in [0.15, 0.2) is 0 Å². The highest BCUT2D eigenvalue weighted by Crippen LogP contribution is 2.02. The fourth-order valence-electron chi connectivity index (χ4n) is 0.634. The number of amides is 1. The molecule has 0 fully saturated rings. The lowest BCUT2D eigenvalue weighted by Crippen LogP contribution is -2.06. The van der Waals surface area contributed by atoms with Crippen molar-refractivity contribution in [1.29, 1.82) is 0 Å². The molecule has 1 rings (SSSR count). The molecular formula is C8H4F2N2O. The highest BCUT2D eigenvalue weighted by atomic mass is 19.1. The fraction of sp³-hybridized carbons (Fsp3) is 0. The van der Waals surface area contributed by atoms with Gasteiger partial charge in [-0.2, -0.15) is 13.8 Å². The Bertz CT molecular complexity index is 406. The molecule has 2 N–H and O–H groups in total. The second kappa shape index (κ2) is 3.63. The molecule has 1 amide bonds. The summed E-state index contributed by atoms with van der Waals surface area (Å²) in [6, 6.07) is 2.02. The van der Waals surface area contributed by atoms with Crippen LogP contribution in [0.4, 0.5) is 8.78 Å². The predicted molar refractivity (Wildman–Crippen MR) is 40.2 cm³/mol. The normalized spacial score (nSPS) is 8.77. The lowest BCUT2D eigenvalue weighted by molar-refractivity contribution is -0.112. The van der Waals surface area contributed by atoms with Gasteiger partial charge in [-0.1, -0.05) is 5.92 Å². The number of aromatic nitrogens is 1. The quantitative estimate of drug-likeness (QED) is 0.460. The molecular weight excluding hydrogens is 178 g/mol. The summed E-state index contributed by atoms with van der Waals surface area (Å²) >= 11 is 0. The molecule has 1 aromatic rings. The van der Waals surface area contributed by atoms with Crippen molar-refractivity contribution in [3.8, 4) is 11.8 Å². The largest absolute Gasteiger partial charge is 0.359 e. The van der Waals surface area contributed by atoms with E-state index in [2.05, 4.69) is 10.9 Å². The van der Waals surface area contributed by atoms with Crippen molar-refractivity contribution in [3.05, 3.63) is 29.6 Å². The number of pyridine rings is 1. The molecule has 0 unspecified atom stereocenters. The molecule has 0 aliphatic heterocycles. The highest BCUT2D eigenvalue weighted by Gasteiger charge is 2.01. The summed E-state index contributed by atoms with van der Waals surface area (Å²) in [5.41, 5.74) is 4.52. The maximum Gasteiger partial charge on any atom is 0.293 e. The molecule has 0 aromatic carbocycles. The van der Waals surface area contributed by atoms with Crippen molar-refractivity contribution in [2.45, 2.75) is 0 Å². The average molecular weight is 182 g/mol. The van der Waals surface area contributed by atoms with Crippen molar-refractivity contribution >= 4 is 5.91 Å². The van der Waals surface area contributed by atoms with Gasteiger partial charge in [0.2, 0.25) is 11.9 Å². The monoisotopic (exact) mass is 182 g/mol. The maximum absolute atomic E-state index is 12.7. The fourth-order valence-corrected chi connectivity index (χ4v) is 0.634. The molecule has 5 heteroatoms. The number of primary amides is 1. The van der Waals surface area contributed by atoms with E-state index in [0.29, 0.717) is 0 Å². The number of nitrogens with zero attached hydrogens (tertiary/aromatic N) is 1. The summed E-state index contributed by atoms with van der Waals surface area (Å²) in [5, 5.41) is 0. The van der Waals surface area contributed by atoms with E-state index in [4.69, 9.17) is 5.73 Å². The van der Waals surface area contributed by atoms with Gasteiger partial charge in [0.05, 0.1) is 5.56 Å². The van der Waals surface area contributed by atoms with Crippen LogP contribution >= 0.6 is 0 Å². The van der Waals surface area contributed by atoms with Crippen LogP contribution in [0.3, 0.4) is 0 Å². The number of carbonyl (C=O) groups is 1. The minimum absolute atomic E-state index is 0.166. The third-order valence-electron chi connectivity index (χ3n) is 1.14. The lowest BCUT2D eigenvalue weighted by Gasteiger charge is -1.91. The zero-order valence-corrected chi connectivity index (χ0v) is 6.34. The second-order valence-electron chi connectivity index (χ2n) is 2.09. The van der Waals surface area contributed by atoms with Crippen molar-refractivity contribution in [3.63, 3.8) is 0 Å². The van der Waals surface area contributed by atoms with Gasteiger partial charge in [0.25, 0.3) is 5.91 Å². The van der Waals surface area contributed by atoms with Crippen LogP contribution in [0.2, 0.25) is 0 Å². The Morgan fingerprint density at radius 1 is 1.46 bits per heavy atom. The second-order valence-corrected chi connectivity index (χ2v) is 2.09. The smallest absolute Gasteiger partial charge is 0.293 e. The molecule has 0 aliphatic carbocycles. The predicted octanol–water partition coefficient (Wildman–Crippen LogP) is 0.197. The van der Waals surface area contributed by atoms with Crippen LogP contribution in [0.25, 0.3) is 0 Å². The first-order valence-corrected chi connectivity index (χ1v) is 3.23. The van der Waals surface area contributed by atoms with Gasteiger partial charge in [0, 0.05) is 5.92 Å². The average Bonchev–Trinajstić information content (AvgIpc) is 2.02. The van der Waals surface area contributed by atoms with Crippen LogP contribution in [-0.2, 0) is 4.79 Å². The summed E-state index contributed by atoms with van der Waals surface area (Å²) in [4.78, 5) is 13.0. The summed E-state index contributed by atoms with van der Waals surface area (Å²) in [6.45, 7) is 0. The van der Waals surface area contributed by atoms with Crippen LogP contribution in [0.1, 0.15) is 5.56 Å². The molecule has 66 valence electrons. The van der Waals surface area contributed by atoms with Crippen molar-refractivity contribution in [1.82, 2.24) is 4.98 Å². The molecule has 1 heterocycles. The van der Waals surface area contributed by atoms with Crippen LogP contribution in [0, 0.1) is 23.7 Å². The molecule has 0 radical (unpaired) electrons. The third-order valence-corrected chi connectivity index (χ3v) is 1.14. The van der Waals surface area contributed by atoms with E-state index in [-0.39, 0.29) is 5.56 Å². The van der Waals surface area contributed by atoms with Gasteiger partial charge in [-0.25, -0.2) is 0 Å². The number of hydrogen-bond acceptors (Lipinski definition) is 2. The summed E-state index contributed by atoms with van der Waals surface area (Å²) < 4.78 is 25.0. The van der Waals surface area contributed by atoms with Gasteiger partial charge in [-0.15, -0.1) is 0 Å². The highest BCUT2D eigenvalue weighted by molar-refractivity contribution is 5.92. The van der Waals surface area contributed by atoms with E-state index >= 15 is 0 Å². The molecule has 0 saturated heterocycles. The Kier molecular flexibility index (Phi) is 2.55. The zero-order valence-electron chi connectivity index (χ0n) is 6.34. The molecule has 0 atom stereocenters. The van der Waals surface area contributed by atoms with Crippen molar-refractivity contribution < 1.29 is 13.6 Å². The van der Waals surface area contributed by atoms with Gasteiger partial charge < -0.3 is 5.73 Å². The number of hydrogen-bond donors (Lipinski definition) is 1. The van der Waals surface area contributed by atoms with E-state index in [9.17, 15) is 13.6 Å². The number of carbonyl (C=O) groups excluding carboxylic acids is 1. The van der Waals surface area contributed by atoms with E-state index in [1.165, 1.54) is 0 Å². The van der Waals surface area contributed by atoms with Crippen LogP contribution in [0.5, 0.6) is 0 Å². The van der Waals surface area contributed by atoms with Crippen molar-refractivity contribution in [2.24, 2.45) is 5.73 Å². The number of rotatable bonds is 0. The van der Waals surface area contributed by atoms with Gasteiger partial charge in [0.1, 0.15) is 0 Å². The zero-order chi connectivity index (χ0) is 9.84. The van der Waals surface area contributed by atoms with Gasteiger partial charge in [-0.3, -0.25) is 4.79 Å². The van der Waals surface area contributed by atoms with E-state index in [1.807, 2.05) is 5.92 Å². The topological polar surface area (TPSA) is 56.0 Å². The van der Waals surface area contributed by atoms with Crippen LogP contribution in [0.15, 0.2) is 12.1 Å². The summed E-state index contributed by atoms with van der Waals surface area (Å²) in [6.07, 6.45) is 0. The Morgan fingerprint density at radius 2 is 2.15 bits per heavy atom. The molecule has 0 bridgehead atoms. The summed E-state index contributed by atoms with van der Waals surface area (Å²) in [7, 11) is 0. The SMILES string of the molecule is NC(=O)C#Cc1ccc(F)nc1F. The van der Waals surface area contributed by atoms with Crippen molar-refractivity contribution in [2.75, 3.05) is 0 Å². The Labute approximate surface area is 72.6 Å². The summed E-state index contributed by atoms with van der Waals surface area (Å²) in [5.74, 6) is 1.13. The minimum atomic E-state index is -1.06. The molecule has 3 nitrogen and oxygen atoms in total. The first kappa shape index (κ1) is 9.13.